The molecule has 0 saturated heterocycles. The Kier molecular flexibility index (Phi) is 5.70. The number of carbonyl (C=O) groups excluding carboxylic acids is 1. The fourth-order valence-electron chi connectivity index (χ4n) is 5.10. The fraction of sp³-hybridized carbons (Fsp3) is 0.444. The van der Waals surface area contributed by atoms with Crippen LogP contribution in [0.25, 0.3) is 0 Å². The molecule has 32 heavy (non-hydrogen) atoms. The summed E-state index contributed by atoms with van der Waals surface area (Å²) in [4.78, 5) is 31.9. The highest BCUT2D eigenvalue weighted by molar-refractivity contribution is 6.46. The summed E-state index contributed by atoms with van der Waals surface area (Å²) in [6.07, 6.45) is 3.78. The third-order valence-corrected chi connectivity index (χ3v) is 7.11. The predicted molar refractivity (Wildman–Crippen MR) is 126 cm³/mol. The van der Waals surface area contributed by atoms with Gasteiger partial charge in [0.2, 0.25) is 0 Å². The van der Waals surface area contributed by atoms with Crippen LogP contribution in [-0.4, -0.2) is 33.3 Å². The zero-order valence-electron chi connectivity index (χ0n) is 19.4. The van der Waals surface area contributed by atoms with Crippen molar-refractivity contribution in [1.29, 1.82) is 0 Å². The summed E-state index contributed by atoms with van der Waals surface area (Å²) in [7, 11) is 0. The molecule has 1 N–H and O–H groups in total. The van der Waals surface area contributed by atoms with Crippen LogP contribution in [0.1, 0.15) is 73.5 Å². The molecule has 1 aliphatic heterocycles. The maximum atomic E-state index is 13.6. The maximum absolute atomic E-state index is 13.6. The second-order valence-corrected chi connectivity index (χ2v) is 10.3. The number of nitrogens with zero attached hydrogens (tertiary/aromatic N) is 2. The van der Waals surface area contributed by atoms with E-state index in [0.717, 1.165) is 42.4 Å². The van der Waals surface area contributed by atoms with Crippen molar-refractivity contribution in [3.05, 3.63) is 70.8 Å². The quantitative estimate of drug-likeness (QED) is 0.698. The van der Waals surface area contributed by atoms with E-state index in [4.69, 9.17) is 4.99 Å². The van der Waals surface area contributed by atoms with Crippen molar-refractivity contribution in [3.63, 3.8) is 0 Å². The van der Waals surface area contributed by atoms with Gasteiger partial charge in [-0.25, -0.2) is 4.79 Å². The molecule has 0 radical (unpaired) electrons. The predicted octanol–water partition coefficient (Wildman–Crippen LogP) is 5.46. The minimum Gasteiger partial charge on any atom is -0.478 e. The van der Waals surface area contributed by atoms with E-state index in [1.165, 1.54) is 0 Å². The number of rotatable bonds is 4. The van der Waals surface area contributed by atoms with E-state index in [2.05, 4.69) is 20.8 Å². The number of aliphatic imine (C=N–C) groups is 1. The minimum atomic E-state index is -0.948. The Bertz CT molecular complexity index is 1060. The number of carbonyl (C=O) groups is 2. The van der Waals surface area contributed by atoms with Gasteiger partial charge in [0.15, 0.2) is 0 Å². The van der Waals surface area contributed by atoms with Gasteiger partial charge in [-0.15, -0.1) is 0 Å². The summed E-state index contributed by atoms with van der Waals surface area (Å²) in [6, 6.07) is 14.8. The van der Waals surface area contributed by atoms with Gasteiger partial charge in [-0.2, -0.15) is 0 Å². The van der Waals surface area contributed by atoms with Crippen LogP contribution in [0.15, 0.2) is 53.5 Å². The van der Waals surface area contributed by atoms with Gasteiger partial charge in [-0.05, 0) is 67.7 Å². The SMILES string of the molecule is Cc1cccc(C2=NC3(CCC(C(C)(C)C)CC3)N(Cc3ccc(C(=O)O)cc3)C2=O)c1. The van der Waals surface area contributed by atoms with Gasteiger partial charge in [0.05, 0.1) is 5.56 Å². The monoisotopic (exact) mass is 432 g/mol. The molecular weight excluding hydrogens is 400 g/mol. The third-order valence-electron chi connectivity index (χ3n) is 7.11. The van der Waals surface area contributed by atoms with Gasteiger partial charge in [-0.3, -0.25) is 9.79 Å². The molecule has 2 aromatic rings. The number of hydrogen-bond acceptors (Lipinski definition) is 3. The second-order valence-electron chi connectivity index (χ2n) is 10.3. The molecule has 1 heterocycles. The Morgan fingerprint density at radius 3 is 2.34 bits per heavy atom. The first-order chi connectivity index (χ1) is 15.1. The summed E-state index contributed by atoms with van der Waals surface area (Å²) in [5.41, 5.74) is 3.40. The second kappa shape index (κ2) is 8.19. The van der Waals surface area contributed by atoms with E-state index in [-0.39, 0.29) is 16.9 Å². The molecule has 1 spiro atoms. The number of benzene rings is 2. The topological polar surface area (TPSA) is 70.0 Å². The molecule has 0 bridgehead atoms. The average molecular weight is 433 g/mol. The van der Waals surface area contributed by atoms with Crippen molar-refractivity contribution in [1.82, 2.24) is 4.90 Å². The molecule has 2 aromatic carbocycles. The molecule has 0 atom stereocenters. The van der Waals surface area contributed by atoms with Crippen LogP contribution < -0.4 is 0 Å². The van der Waals surface area contributed by atoms with Crippen molar-refractivity contribution < 1.29 is 14.7 Å². The lowest BCUT2D eigenvalue weighted by Crippen LogP contribution is -2.49. The van der Waals surface area contributed by atoms with Gasteiger partial charge in [0.25, 0.3) is 5.91 Å². The molecule has 1 aliphatic carbocycles. The molecule has 4 rings (SSSR count). The van der Waals surface area contributed by atoms with Crippen molar-refractivity contribution >= 4 is 17.6 Å². The highest BCUT2D eigenvalue weighted by atomic mass is 16.4. The van der Waals surface area contributed by atoms with Gasteiger partial charge < -0.3 is 10.0 Å². The molecule has 0 unspecified atom stereocenters. The lowest BCUT2D eigenvalue weighted by molar-refractivity contribution is -0.130. The highest BCUT2D eigenvalue weighted by Crippen LogP contribution is 2.47. The maximum Gasteiger partial charge on any atom is 0.335 e. The van der Waals surface area contributed by atoms with Crippen molar-refractivity contribution in [2.45, 2.75) is 65.6 Å². The van der Waals surface area contributed by atoms with Crippen LogP contribution in [0.2, 0.25) is 0 Å². The van der Waals surface area contributed by atoms with Gasteiger partial charge >= 0.3 is 5.97 Å². The number of carboxylic acid groups (broad SMARTS) is 1. The molecule has 1 saturated carbocycles. The summed E-state index contributed by atoms with van der Waals surface area (Å²) in [6.45, 7) is 9.32. The third kappa shape index (κ3) is 4.21. The van der Waals surface area contributed by atoms with Crippen LogP contribution in [0, 0.1) is 18.3 Å². The van der Waals surface area contributed by atoms with E-state index in [1.807, 2.05) is 36.1 Å². The lowest BCUT2D eigenvalue weighted by atomic mass is 9.69. The van der Waals surface area contributed by atoms with E-state index >= 15 is 0 Å². The molecule has 0 aromatic heterocycles. The van der Waals surface area contributed by atoms with Crippen molar-refractivity contribution in [2.24, 2.45) is 16.3 Å². The largest absolute Gasteiger partial charge is 0.478 e. The fourth-order valence-corrected chi connectivity index (χ4v) is 5.10. The van der Waals surface area contributed by atoms with Gasteiger partial charge in [-0.1, -0.05) is 56.7 Å². The standard InChI is InChI=1S/C27H32N2O3/c1-18-6-5-7-21(16-18)23-24(30)29(17-19-8-10-20(11-9-19)25(31)32)27(28-23)14-12-22(13-15-27)26(2,3)4/h5-11,16,22H,12-15,17H2,1-4H3,(H,31,32). The lowest BCUT2D eigenvalue weighted by Gasteiger charge is -2.44. The van der Waals surface area contributed by atoms with Crippen LogP contribution in [0.4, 0.5) is 0 Å². The van der Waals surface area contributed by atoms with E-state index < -0.39 is 11.6 Å². The Hall–Kier alpha value is -2.95. The molecule has 2 aliphatic rings. The van der Waals surface area contributed by atoms with E-state index in [9.17, 15) is 14.7 Å². The average Bonchev–Trinajstić information content (AvgIpc) is 3.00. The zero-order chi connectivity index (χ0) is 23.1. The highest BCUT2D eigenvalue weighted by Gasteiger charge is 2.50. The summed E-state index contributed by atoms with van der Waals surface area (Å²) < 4.78 is 0. The Morgan fingerprint density at radius 2 is 1.78 bits per heavy atom. The summed E-state index contributed by atoms with van der Waals surface area (Å²) >= 11 is 0. The number of hydrogen-bond donors (Lipinski definition) is 1. The van der Waals surface area contributed by atoms with Crippen LogP contribution in [-0.2, 0) is 11.3 Å². The first kappa shape index (κ1) is 22.3. The number of aromatic carboxylic acids is 1. The first-order valence-corrected chi connectivity index (χ1v) is 11.4. The summed E-state index contributed by atoms with van der Waals surface area (Å²) in [5, 5.41) is 9.19. The molecule has 1 fully saturated rings. The minimum absolute atomic E-state index is 0.0351. The Balaban J connectivity index is 1.67. The van der Waals surface area contributed by atoms with Crippen molar-refractivity contribution in [3.8, 4) is 0 Å². The van der Waals surface area contributed by atoms with Crippen LogP contribution in [0.5, 0.6) is 0 Å². The Labute approximate surface area is 190 Å². The van der Waals surface area contributed by atoms with Crippen LogP contribution >= 0.6 is 0 Å². The molecule has 5 heteroatoms. The van der Waals surface area contributed by atoms with Gasteiger partial charge in [0.1, 0.15) is 11.4 Å². The molecule has 5 nitrogen and oxygen atoms in total. The molecule has 168 valence electrons. The number of aryl methyl sites for hydroxylation is 1. The Morgan fingerprint density at radius 1 is 1.12 bits per heavy atom. The van der Waals surface area contributed by atoms with Crippen molar-refractivity contribution in [2.75, 3.05) is 0 Å². The van der Waals surface area contributed by atoms with E-state index in [1.54, 1.807) is 24.3 Å². The first-order valence-electron chi connectivity index (χ1n) is 11.4. The normalized spacial score (nSPS) is 23.5. The smallest absolute Gasteiger partial charge is 0.335 e. The van der Waals surface area contributed by atoms with E-state index in [0.29, 0.717) is 18.2 Å². The van der Waals surface area contributed by atoms with Crippen LogP contribution in [0.3, 0.4) is 0 Å². The summed E-state index contributed by atoms with van der Waals surface area (Å²) in [5.74, 6) is -0.374. The molecule has 1 amide bonds. The zero-order valence-corrected chi connectivity index (χ0v) is 19.4. The molecular formula is C27H32N2O3. The number of carboxylic acids is 1. The number of amides is 1. The van der Waals surface area contributed by atoms with Gasteiger partial charge in [0, 0.05) is 12.1 Å².